The lowest BCUT2D eigenvalue weighted by Crippen LogP contribution is -2.34. The zero-order valence-electron chi connectivity index (χ0n) is 12.1. The van der Waals surface area contributed by atoms with Crippen LogP contribution in [0.25, 0.3) is 5.69 Å². The average molecular weight is 323 g/mol. The number of hydrogen-bond donors (Lipinski definition) is 0. The molecule has 6 heteroatoms. The molecule has 21 heavy (non-hydrogen) atoms. The summed E-state index contributed by atoms with van der Waals surface area (Å²) in [6.07, 6.45) is 4.27. The molecule has 0 saturated carbocycles. The van der Waals surface area contributed by atoms with E-state index in [0.717, 1.165) is 31.4 Å². The second-order valence-electron chi connectivity index (χ2n) is 5.70. The Balaban J connectivity index is 1.78. The quantitative estimate of drug-likeness (QED) is 0.805. The summed E-state index contributed by atoms with van der Waals surface area (Å²) in [5, 5.41) is 5.13. The highest BCUT2D eigenvalue weighted by atomic mass is 35.5. The Morgan fingerprint density at radius 2 is 2.10 bits per heavy atom. The van der Waals surface area contributed by atoms with Crippen LogP contribution in [0.2, 0.25) is 5.02 Å². The molecule has 0 bridgehead atoms. The molecular formula is C15H19ClN4S. The zero-order chi connectivity index (χ0) is 14.8. The van der Waals surface area contributed by atoms with Crippen molar-refractivity contribution in [1.29, 1.82) is 0 Å². The van der Waals surface area contributed by atoms with Crippen LogP contribution in [-0.2, 0) is 6.67 Å². The van der Waals surface area contributed by atoms with Crippen LogP contribution >= 0.6 is 23.8 Å². The predicted octanol–water partition coefficient (Wildman–Crippen LogP) is 3.75. The Bertz CT molecular complexity index is 670. The van der Waals surface area contributed by atoms with Crippen LogP contribution in [0.4, 0.5) is 0 Å². The SMILES string of the molecule is CC1CCN(Cn2ncn(-c3cccc(Cl)c3)c2=S)CC1. The van der Waals surface area contributed by atoms with Gasteiger partial charge in [0.1, 0.15) is 6.33 Å². The van der Waals surface area contributed by atoms with E-state index >= 15 is 0 Å². The van der Waals surface area contributed by atoms with Crippen molar-refractivity contribution in [3.63, 3.8) is 0 Å². The summed E-state index contributed by atoms with van der Waals surface area (Å²) >= 11 is 11.6. The molecule has 1 aliphatic rings. The maximum atomic E-state index is 6.04. The molecule has 4 nitrogen and oxygen atoms in total. The summed E-state index contributed by atoms with van der Waals surface area (Å²) < 4.78 is 4.48. The van der Waals surface area contributed by atoms with Gasteiger partial charge in [-0.15, -0.1) is 0 Å². The fraction of sp³-hybridized carbons (Fsp3) is 0.467. The predicted molar refractivity (Wildman–Crippen MR) is 87.4 cm³/mol. The van der Waals surface area contributed by atoms with Gasteiger partial charge in [0, 0.05) is 18.1 Å². The maximum absolute atomic E-state index is 6.04. The van der Waals surface area contributed by atoms with E-state index in [9.17, 15) is 0 Å². The summed E-state index contributed by atoms with van der Waals surface area (Å²) in [5.41, 5.74) is 0.950. The summed E-state index contributed by atoms with van der Waals surface area (Å²) in [4.78, 5) is 2.41. The Kier molecular flexibility index (Phi) is 4.42. The number of aromatic nitrogens is 3. The van der Waals surface area contributed by atoms with Crippen molar-refractivity contribution >= 4 is 23.8 Å². The molecule has 112 valence electrons. The highest BCUT2D eigenvalue weighted by Gasteiger charge is 2.16. The van der Waals surface area contributed by atoms with E-state index < -0.39 is 0 Å². The molecule has 2 aromatic rings. The van der Waals surface area contributed by atoms with E-state index in [1.165, 1.54) is 12.8 Å². The van der Waals surface area contributed by atoms with E-state index in [1.807, 2.05) is 33.5 Å². The number of piperidine rings is 1. The van der Waals surface area contributed by atoms with Gasteiger partial charge >= 0.3 is 0 Å². The van der Waals surface area contributed by atoms with Crippen LogP contribution in [0.3, 0.4) is 0 Å². The van der Waals surface area contributed by atoms with Gasteiger partial charge in [-0.1, -0.05) is 24.6 Å². The van der Waals surface area contributed by atoms with E-state index in [-0.39, 0.29) is 0 Å². The molecule has 0 atom stereocenters. The molecule has 3 rings (SSSR count). The minimum Gasteiger partial charge on any atom is -0.284 e. The van der Waals surface area contributed by atoms with Crippen molar-refractivity contribution in [1.82, 2.24) is 19.2 Å². The van der Waals surface area contributed by atoms with Crippen molar-refractivity contribution in [2.75, 3.05) is 13.1 Å². The third-order valence-electron chi connectivity index (χ3n) is 4.03. The monoisotopic (exact) mass is 322 g/mol. The first-order chi connectivity index (χ1) is 10.1. The highest BCUT2D eigenvalue weighted by Crippen LogP contribution is 2.18. The van der Waals surface area contributed by atoms with Crippen LogP contribution in [-0.4, -0.2) is 32.3 Å². The van der Waals surface area contributed by atoms with Gasteiger partial charge in [0.2, 0.25) is 4.77 Å². The van der Waals surface area contributed by atoms with Crippen molar-refractivity contribution in [2.24, 2.45) is 5.92 Å². The molecule has 0 spiro atoms. The Labute approximate surface area is 134 Å². The fourth-order valence-corrected chi connectivity index (χ4v) is 3.07. The number of hydrogen-bond acceptors (Lipinski definition) is 3. The van der Waals surface area contributed by atoms with E-state index in [4.69, 9.17) is 23.8 Å². The molecule has 1 aromatic heterocycles. The minimum absolute atomic E-state index is 0.701. The number of halogens is 1. The highest BCUT2D eigenvalue weighted by molar-refractivity contribution is 7.71. The summed E-state index contributed by atoms with van der Waals surface area (Å²) in [6.45, 7) is 5.32. The van der Waals surface area contributed by atoms with E-state index in [1.54, 1.807) is 6.33 Å². The largest absolute Gasteiger partial charge is 0.284 e. The first-order valence-electron chi connectivity index (χ1n) is 7.26. The molecule has 0 amide bonds. The zero-order valence-corrected chi connectivity index (χ0v) is 13.6. The van der Waals surface area contributed by atoms with E-state index in [2.05, 4.69) is 16.9 Å². The third-order valence-corrected chi connectivity index (χ3v) is 4.67. The first-order valence-corrected chi connectivity index (χ1v) is 8.05. The van der Waals surface area contributed by atoms with Crippen molar-refractivity contribution in [3.8, 4) is 5.69 Å². The molecule has 1 fully saturated rings. The number of benzene rings is 1. The molecule has 1 aromatic carbocycles. The molecule has 0 unspecified atom stereocenters. The van der Waals surface area contributed by atoms with Gasteiger partial charge < -0.3 is 0 Å². The van der Waals surface area contributed by atoms with Gasteiger partial charge in [-0.2, -0.15) is 5.10 Å². The van der Waals surface area contributed by atoms with Crippen molar-refractivity contribution in [3.05, 3.63) is 40.4 Å². The lowest BCUT2D eigenvalue weighted by molar-refractivity contribution is 0.146. The fourth-order valence-electron chi connectivity index (χ4n) is 2.63. The second-order valence-corrected chi connectivity index (χ2v) is 6.51. The first kappa shape index (κ1) is 14.8. The van der Waals surface area contributed by atoms with Gasteiger partial charge in [-0.3, -0.25) is 9.47 Å². The molecule has 0 aliphatic carbocycles. The third kappa shape index (κ3) is 3.36. The molecular weight excluding hydrogens is 304 g/mol. The van der Waals surface area contributed by atoms with Crippen molar-refractivity contribution < 1.29 is 0 Å². The average Bonchev–Trinajstić information content (AvgIpc) is 2.83. The van der Waals surface area contributed by atoms with Gasteiger partial charge in [-0.25, -0.2) is 4.68 Å². The van der Waals surface area contributed by atoms with Crippen LogP contribution in [0, 0.1) is 10.7 Å². The number of nitrogens with zero attached hydrogens (tertiary/aromatic N) is 4. The van der Waals surface area contributed by atoms with E-state index in [0.29, 0.717) is 9.79 Å². The topological polar surface area (TPSA) is 26.0 Å². The summed E-state index contributed by atoms with van der Waals surface area (Å²) in [5.74, 6) is 0.832. The molecule has 0 N–H and O–H groups in total. The number of likely N-dealkylation sites (tertiary alicyclic amines) is 1. The van der Waals surface area contributed by atoms with Crippen LogP contribution in [0.15, 0.2) is 30.6 Å². The molecule has 1 saturated heterocycles. The van der Waals surface area contributed by atoms with Gasteiger partial charge in [-0.05, 0) is 49.2 Å². The summed E-state index contributed by atoms with van der Waals surface area (Å²) in [7, 11) is 0. The smallest absolute Gasteiger partial charge is 0.203 e. The van der Waals surface area contributed by atoms with Crippen molar-refractivity contribution in [2.45, 2.75) is 26.4 Å². The lowest BCUT2D eigenvalue weighted by Gasteiger charge is -2.29. The minimum atomic E-state index is 0.701. The normalized spacial score (nSPS) is 17.2. The van der Waals surface area contributed by atoms with Gasteiger partial charge in [0.25, 0.3) is 0 Å². The Hall–Kier alpha value is -1.17. The molecule has 0 radical (unpaired) electrons. The molecule has 1 aliphatic heterocycles. The number of rotatable bonds is 3. The Morgan fingerprint density at radius 1 is 1.33 bits per heavy atom. The Morgan fingerprint density at radius 3 is 2.81 bits per heavy atom. The van der Waals surface area contributed by atoms with Crippen LogP contribution < -0.4 is 0 Å². The van der Waals surface area contributed by atoms with Crippen LogP contribution in [0.1, 0.15) is 19.8 Å². The standard InChI is InChI=1S/C15H19ClN4S/c1-12-5-7-18(8-6-12)11-20-15(21)19(10-17-20)14-4-2-3-13(16)9-14/h2-4,9-10,12H,5-8,11H2,1H3. The maximum Gasteiger partial charge on any atom is 0.203 e. The summed E-state index contributed by atoms with van der Waals surface area (Å²) in [6, 6.07) is 7.65. The van der Waals surface area contributed by atoms with Crippen LogP contribution in [0.5, 0.6) is 0 Å². The van der Waals surface area contributed by atoms with Gasteiger partial charge in [0.15, 0.2) is 0 Å². The lowest BCUT2D eigenvalue weighted by atomic mass is 10.00. The molecule has 2 heterocycles. The second kappa shape index (κ2) is 6.30. The van der Waals surface area contributed by atoms with Gasteiger partial charge in [0.05, 0.1) is 12.4 Å².